The molecule has 0 aromatic carbocycles. The van der Waals surface area contributed by atoms with Crippen molar-refractivity contribution in [2.24, 2.45) is 0 Å². The van der Waals surface area contributed by atoms with Crippen LogP contribution in [0, 0.1) is 0 Å². The summed E-state index contributed by atoms with van der Waals surface area (Å²) in [7, 11) is 0. The highest BCUT2D eigenvalue weighted by Crippen LogP contribution is 2.20. The fourth-order valence-electron chi connectivity index (χ4n) is 1.76. The Morgan fingerprint density at radius 3 is 2.64 bits per heavy atom. The van der Waals surface area contributed by atoms with E-state index in [4.69, 9.17) is 0 Å². The second-order valence-electron chi connectivity index (χ2n) is 4.41. The van der Waals surface area contributed by atoms with Gasteiger partial charge in [0.15, 0.2) is 0 Å². The van der Waals surface area contributed by atoms with E-state index in [1.807, 2.05) is 13.8 Å². The van der Waals surface area contributed by atoms with Crippen molar-refractivity contribution in [2.45, 2.75) is 38.8 Å². The quantitative estimate of drug-likeness (QED) is 0.670. The summed E-state index contributed by atoms with van der Waals surface area (Å²) in [6.45, 7) is 7.61. The van der Waals surface area contributed by atoms with Gasteiger partial charge in [-0.2, -0.15) is 0 Å². The number of nitrogens with one attached hydrogen (secondary N) is 1. The smallest absolute Gasteiger partial charge is 0.224 e. The number of carbonyl (C=O) groups is 1. The summed E-state index contributed by atoms with van der Waals surface area (Å²) in [5.41, 5.74) is -0.656. The molecule has 1 saturated heterocycles. The van der Waals surface area contributed by atoms with Crippen LogP contribution in [0.25, 0.3) is 0 Å². The first-order valence-electron chi connectivity index (χ1n) is 5.18. The first-order chi connectivity index (χ1) is 6.44. The van der Waals surface area contributed by atoms with Gasteiger partial charge in [0.1, 0.15) is 0 Å². The molecule has 0 spiro atoms. The van der Waals surface area contributed by atoms with Crippen molar-refractivity contribution in [1.29, 1.82) is 0 Å². The Bertz CT molecular complexity index is 208. The highest BCUT2D eigenvalue weighted by Gasteiger charge is 2.39. The second-order valence-corrected chi connectivity index (χ2v) is 4.41. The first kappa shape index (κ1) is 11.5. The van der Waals surface area contributed by atoms with E-state index in [1.165, 1.54) is 0 Å². The molecule has 82 valence electrons. The minimum Gasteiger partial charge on any atom is -0.386 e. The van der Waals surface area contributed by atoms with Gasteiger partial charge in [-0.1, -0.05) is 6.92 Å². The van der Waals surface area contributed by atoms with E-state index in [9.17, 15) is 9.90 Å². The fraction of sp³-hybridized carbons (Fsp3) is 0.900. The summed E-state index contributed by atoms with van der Waals surface area (Å²) in [6, 6.07) is 0.220. The number of hydrogen-bond acceptors (Lipinski definition) is 3. The van der Waals surface area contributed by atoms with E-state index in [0.29, 0.717) is 19.5 Å². The van der Waals surface area contributed by atoms with Gasteiger partial charge in [-0.15, -0.1) is 0 Å². The maximum absolute atomic E-state index is 11.6. The molecule has 2 N–H and O–H groups in total. The fourth-order valence-corrected chi connectivity index (χ4v) is 1.76. The molecular weight excluding hydrogens is 180 g/mol. The molecule has 1 aliphatic rings. The molecule has 0 aromatic heterocycles. The van der Waals surface area contributed by atoms with Crippen LogP contribution >= 0.6 is 0 Å². The van der Waals surface area contributed by atoms with E-state index >= 15 is 0 Å². The monoisotopic (exact) mass is 200 g/mol. The van der Waals surface area contributed by atoms with Gasteiger partial charge in [0, 0.05) is 12.5 Å². The van der Waals surface area contributed by atoms with Crippen LogP contribution in [0.3, 0.4) is 0 Å². The van der Waals surface area contributed by atoms with E-state index in [0.717, 1.165) is 6.54 Å². The van der Waals surface area contributed by atoms with Gasteiger partial charge >= 0.3 is 0 Å². The summed E-state index contributed by atoms with van der Waals surface area (Å²) < 4.78 is 0. The van der Waals surface area contributed by atoms with Gasteiger partial charge < -0.3 is 15.3 Å². The third kappa shape index (κ3) is 2.96. The summed E-state index contributed by atoms with van der Waals surface area (Å²) in [4.78, 5) is 13.3. The molecule has 0 saturated carbocycles. The van der Waals surface area contributed by atoms with Crippen LogP contribution in [0.4, 0.5) is 0 Å². The van der Waals surface area contributed by atoms with Crippen LogP contribution in [-0.4, -0.2) is 47.2 Å². The van der Waals surface area contributed by atoms with Crippen molar-refractivity contribution in [3.63, 3.8) is 0 Å². The number of β-amino-alcohol motifs (C(OH)–C–C–N with tert-alkyl or cyclic N) is 1. The summed E-state index contributed by atoms with van der Waals surface area (Å²) >= 11 is 0. The van der Waals surface area contributed by atoms with Crippen LogP contribution in [0.1, 0.15) is 27.2 Å². The Balaban J connectivity index is 2.24. The largest absolute Gasteiger partial charge is 0.386 e. The molecule has 4 heteroatoms. The van der Waals surface area contributed by atoms with E-state index < -0.39 is 5.60 Å². The van der Waals surface area contributed by atoms with Gasteiger partial charge in [0.25, 0.3) is 0 Å². The molecule has 1 fully saturated rings. The van der Waals surface area contributed by atoms with Gasteiger partial charge in [-0.25, -0.2) is 0 Å². The van der Waals surface area contributed by atoms with Crippen LogP contribution in [0.15, 0.2) is 0 Å². The van der Waals surface area contributed by atoms with Crippen molar-refractivity contribution in [3.8, 4) is 0 Å². The molecule has 1 heterocycles. The van der Waals surface area contributed by atoms with E-state index in [-0.39, 0.29) is 11.9 Å². The van der Waals surface area contributed by atoms with Crippen LogP contribution in [0.2, 0.25) is 0 Å². The van der Waals surface area contributed by atoms with Gasteiger partial charge in [0.05, 0.1) is 18.7 Å². The predicted molar refractivity (Wildman–Crippen MR) is 55.0 cm³/mol. The lowest BCUT2D eigenvalue weighted by Gasteiger charge is -2.44. The third-order valence-electron chi connectivity index (χ3n) is 2.45. The molecule has 0 aliphatic carbocycles. The normalized spacial score (nSPS) is 21.6. The van der Waals surface area contributed by atoms with Crippen molar-refractivity contribution in [2.75, 3.05) is 19.6 Å². The number of hydrogen-bond donors (Lipinski definition) is 2. The maximum Gasteiger partial charge on any atom is 0.224 e. The van der Waals surface area contributed by atoms with Crippen LogP contribution in [0.5, 0.6) is 0 Å². The number of aliphatic hydroxyl groups is 1. The lowest BCUT2D eigenvalue weighted by atomic mass is 9.96. The van der Waals surface area contributed by atoms with E-state index in [2.05, 4.69) is 5.32 Å². The second kappa shape index (κ2) is 4.28. The molecule has 14 heavy (non-hydrogen) atoms. The minimum atomic E-state index is -0.656. The molecule has 1 unspecified atom stereocenters. The van der Waals surface area contributed by atoms with Gasteiger partial charge in [0.2, 0.25) is 5.91 Å². The highest BCUT2D eigenvalue weighted by molar-refractivity contribution is 5.78. The molecule has 1 amide bonds. The van der Waals surface area contributed by atoms with Crippen molar-refractivity contribution in [1.82, 2.24) is 10.2 Å². The molecule has 0 aromatic rings. The first-order valence-corrected chi connectivity index (χ1v) is 5.18. The standard InChI is InChI=1S/C10H20N2O2/c1-4-11-8(2)5-9(13)12-6-10(3,14)7-12/h8,11,14H,4-7H2,1-3H3. The zero-order valence-electron chi connectivity index (χ0n) is 9.21. The number of likely N-dealkylation sites (tertiary alicyclic amines) is 1. The Morgan fingerprint density at radius 2 is 2.21 bits per heavy atom. The van der Waals surface area contributed by atoms with Gasteiger partial charge in [-0.3, -0.25) is 4.79 Å². The Morgan fingerprint density at radius 1 is 1.64 bits per heavy atom. The molecule has 4 nitrogen and oxygen atoms in total. The molecule has 1 atom stereocenters. The Kier molecular flexibility index (Phi) is 3.50. The predicted octanol–water partition coefficient (Wildman–Crippen LogP) is -0.0323. The minimum absolute atomic E-state index is 0.130. The van der Waals surface area contributed by atoms with Crippen LogP contribution < -0.4 is 5.32 Å². The Hall–Kier alpha value is -0.610. The summed E-state index contributed by atoms with van der Waals surface area (Å²) in [5.74, 6) is 0.130. The molecule has 1 rings (SSSR count). The lowest BCUT2D eigenvalue weighted by Crippen LogP contribution is -2.62. The molecule has 0 radical (unpaired) electrons. The lowest BCUT2D eigenvalue weighted by molar-refractivity contribution is -0.152. The number of nitrogens with zero attached hydrogens (tertiary/aromatic N) is 1. The number of rotatable bonds is 4. The topological polar surface area (TPSA) is 52.6 Å². The van der Waals surface area contributed by atoms with Crippen molar-refractivity contribution < 1.29 is 9.90 Å². The average Bonchev–Trinajstić information content (AvgIpc) is 2.00. The molecule has 1 aliphatic heterocycles. The Labute approximate surface area is 85.3 Å². The highest BCUT2D eigenvalue weighted by atomic mass is 16.3. The average molecular weight is 200 g/mol. The van der Waals surface area contributed by atoms with Crippen molar-refractivity contribution >= 4 is 5.91 Å². The molecular formula is C10H20N2O2. The van der Waals surface area contributed by atoms with Gasteiger partial charge in [-0.05, 0) is 20.4 Å². The molecule has 0 bridgehead atoms. The summed E-state index contributed by atoms with van der Waals surface area (Å²) in [5, 5.41) is 12.7. The summed E-state index contributed by atoms with van der Waals surface area (Å²) in [6.07, 6.45) is 0.518. The maximum atomic E-state index is 11.6. The SMILES string of the molecule is CCNC(C)CC(=O)N1CC(C)(O)C1. The zero-order chi connectivity index (χ0) is 10.8. The zero-order valence-corrected chi connectivity index (χ0v) is 9.21. The number of carbonyl (C=O) groups excluding carboxylic acids is 1. The van der Waals surface area contributed by atoms with Crippen LogP contribution in [-0.2, 0) is 4.79 Å². The number of amides is 1. The van der Waals surface area contributed by atoms with E-state index in [1.54, 1.807) is 11.8 Å². The third-order valence-corrected chi connectivity index (χ3v) is 2.45. The van der Waals surface area contributed by atoms with Crippen molar-refractivity contribution in [3.05, 3.63) is 0 Å².